The van der Waals surface area contributed by atoms with Crippen LogP contribution in [0.15, 0.2) is 12.2 Å². The van der Waals surface area contributed by atoms with E-state index in [2.05, 4.69) is 5.32 Å². The van der Waals surface area contributed by atoms with E-state index < -0.39 is 11.9 Å². The van der Waals surface area contributed by atoms with E-state index >= 15 is 0 Å². The van der Waals surface area contributed by atoms with Gasteiger partial charge in [0.15, 0.2) is 0 Å². The first-order valence-electron chi connectivity index (χ1n) is 5.36. The maximum Gasteiger partial charge on any atom is 0.307 e. The van der Waals surface area contributed by atoms with Crippen LogP contribution in [0.25, 0.3) is 0 Å². The van der Waals surface area contributed by atoms with Crippen molar-refractivity contribution in [1.29, 1.82) is 0 Å². The second-order valence-corrected chi connectivity index (χ2v) is 4.28. The Morgan fingerprint density at radius 3 is 2.27 bits per heavy atom. The summed E-state index contributed by atoms with van der Waals surface area (Å²) < 4.78 is 0. The van der Waals surface area contributed by atoms with Crippen LogP contribution in [0.3, 0.4) is 0 Å². The van der Waals surface area contributed by atoms with Gasteiger partial charge in [0.2, 0.25) is 5.91 Å². The molecule has 2 atom stereocenters. The average Bonchev–Trinajstić information content (AvgIpc) is 3.01. The Kier molecular flexibility index (Phi) is 2.75. The molecule has 15 heavy (non-hydrogen) atoms. The highest BCUT2D eigenvalue weighted by atomic mass is 16.4. The molecule has 82 valence electrons. The highest BCUT2D eigenvalue weighted by Crippen LogP contribution is 2.27. The van der Waals surface area contributed by atoms with Gasteiger partial charge in [-0.3, -0.25) is 9.59 Å². The van der Waals surface area contributed by atoms with Crippen molar-refractivity contribution in [2.75, 3.05) is 0 Å². The van der Waals surface area contributed by atoms with Crippen LogP contribution in [0.2, 0.25) is 0 Å². The van der Waals surface area contributed by atoms with E-state index in [1.165, 1.54) is 0 Å². The molecule has 0 bridgehead atoms. The summed E-state index contributed by atoms with van der Waals surface area (Å²) in [5.74, 6) is -1.88. The van der Waals surface area contributed by atoms with Gasteiger partial charge >= 0.3 is 5.97 Å². The van der Waals surface area contributed by atoms with Crippen LogP contribution >= 0.6 is 0 Å². The second kappa shape index (κ2) is 4.04. The van der Waals surface area contributed by atoms with Crippen LogP contribution in [0.5, 0.6) is 0 Å². The number of carbonyl (C=O) groups excluding carboxylic acids is 1. The molecule has 0 aromatic heterocycles. The molecule has 0 aliphatic heterocycles. The summed E-state index contributed by atoms with van der Waals surface area (Å²) in [6, 6.07) is 0.304. The first kappa shape index (κ1) is 10.2. The number of carboxylic acid groups (broad SMARTS) is 1. The predicted octanol–water partition coefficient (Wildman–Crippen LogP) is 0.932. The van der Waals surface area contributed by atoms with Crippen molar-refractivity contribution in [3.8, 4) is 0 Å². The Morgan fingerprint density at radius 1 is 1.13 bits per heavy atom. The van der Waals surface area contributed by atoms with E-state index in [9.17, 15) is 9.59 Å². The number of allylic oxidation sites excluding steroid dienone is 2. The number of hydrogen-bond acceptors (Lipinski definition) is 2. The third-order valence-electron chi connectivity index (χ3n) is 3.01. The fraction of sp³-hybridized carbons (Fsp3) is 0.636. The number of carboxylic acids is 1. The normalized spacial score (nSPS) is 29.9. The molecule has 2 aliphatic rings. The zero-order chi connectivity index (χ0) is 10.8. The van der Waals surface area contributed by atoms with E-state index in [1.807, 2.05) is 12.2 Å². The first-order chi connectivity index (χ1) is 7.18. The van der Waals surface area contributed by atoms with E-state index in [0.717, 1.165) is 12.8 Å². The van der Waals surface area contributed by atoms with Crippen molar-refractivity contribution in [3.63, 3.8) is 0 Å². The summed E-state index contributed by atoms with van der Waals surface area (Å²) in [7, 11) is 0. The lowest BCUT2D eigenvalue weighted by atomic mass is 9.82. The largest absolute Gasteiger partial charge is 0.481 e. The SMILES string of the molecule is O=C(O)[C@@H]1CC=CC[C@H]1C(=O)NC1CC1. The molecule has 0 radical (unpaired) electrons. The predicted molar refractivity (Wildman–Crippen MR) is 54.2 cm³/mol. The quantitative estimate of drug-likeness (QED) is 0.679. The van der Waals surface area contributed by atoms with Crippen molar-refractivity contribution in [1.82, 2.24) is 5.32 Å². The number of nitrogens with one attached hydrogen (secondary N) is 1. The Morgan fingerprint density at radius 2 is 1.73 bits per heavy atom. The maximum absolute atomic E-state index is 11.8. The topological polar surface area (TPSA) is 66.4 Å². The Bertz CT molecular complexity index is 307. The van der Waals surface area contributed by atoms with E-state index in [-0.39, 0.29) is 11.8 Å². The van der Waals surface area contributed by atoms with E-state index in [4.69, 9.17) is 5.11 Å². The zero-order valence-electron chi connectivity index (χ0n) is 8.48. The molecule has 2 aliphatic carbocycles. The lowest BCUT2D eigenvalue weighted by molar-refractivity contribution is -0.147. The molecule has 0 unspecified atom stereocenters. The number of rotatable bonds is 3. The van der Waals surface area contributed by atoms with Gasteiger partial charge in [-0.2, -0.15) is 0 Å². The molecule has 1 saturated carbocycles. The summed E-state index contributed by atoms with van der Waals surface area (Å²) in [6.07, 6.45) is 6.84. The molecule has 1 amide bonds. The minimum Gasteiger partial charge on any atom is -0.481 e. The fourth-order valence-corrected chi connectivity index (χ4v) is 1.91. The maximum atomic E-state index is 11.8. The molecule has 0 saturated heterocycles. The Balaban J connectivity index is 2.00. The minimum absolute atomic E-state index is 0.0887. The van der Waals surface area contributed by atoms with Crippen molar-refractivity contribution < 1.29 is 14.7 Å². The van der Waals surface area contributed by atoms with Crippen molar-refractivity contribution >= 4 is 11.9 Å². The fourth-order valence-electron chi connectivity index (χ4n) is 1.91. The lowest BCUT2D eigenvalue weighted by Gasteiger charge is -2.24. The Hall–Kier alpha value is -1.32. The van der Waals surface area contributed by atoms with Crippen LogP contribution in [0.1, 0.15) is 25.7 Å². The van der Waals surface area contributed by atoms with Crippen LogP contribution in [0, 0.1) is 11.8 Å². The van der Waals surface area contributed by atoms with E-state index in [1.54, 1.807) is 0 Å². The van der Waals surface area contributed by atoms with Gasteiger partial charge in [0.25, 0.3) is 0 Å². The van der Waals surface area contributed by atoms with Gasteiger partial charge in [-0.15, -0.1) is 0 Å². The van der Waals surface area contributed by atoms with Gasteiger partial charge < -0.3 is 10.4 Å². The van der Waals surface area contributed by atoms with Crippen LogP contribution in [-0.4, -0.2) is 23.0 Å². The molecular formula is C11H15NO3. The zero-order valence-corrected chi connectivity index (χ0v) is 8.48. The molecule has 0 aromatic rings. The van der Waals surface area contributed by atoms with Gasteiger partial charge in [-0.25, -0.2) is 0 Å². The number of aliphatic carboxylic acids is 1. The van der Waals surface area contributed by atoms with Crippen molar-refractivity contribution in [2.24, 2.45) is 11.8 Å². The van der Waals surface area contributed by atoms with Crippen molar-refractivity contribution in [2.45, 2.75) is 31.7 Å². The lowest BCUT2D eigenvalue weighted by Crippen LogP contribution is -2.39. The number of hydrogen-bond donors (Lipinski definition) is 2. The van der Waals surface area contributed by atoms with Gasteiger partial charge in [0.1, 0.15) is 0 Å². The van der Waals surface area contributed by atoms with Crippen molar-refractivity contribution in [3.05, 3.63) is 12.2 Å². The van der Waals surface area contributed by atoms with Gasteiger partial charge in [0.05, 0.1) is 11.8 Å². The average molecular weight is 209 g/mol. The second-order valence-electron chi connectivity index (χ2n) is 4.28. The van der Waals surface area contributed by atoms with Gasteiger partial charge in [-0.1, -0.05) is 12.2 Å². The smallest absolute Gasteiger partial charge is 0.307 e. The molecule has 4 heteroatoms. The molecule has 2 rings (SSSR count). The Labute approximate surface area is 88.4 Å². The highest BCUT2D eigenvalue weighted by Gasteiger charge is 2.36. The number of carbonyl (C=O) groups is 2. The number of amides is 1. The van der Waals surface area contributed by atoms with Crippen LogP contribution in [-0.2, 0) is 9.59 Å². The highest BCUT2D eigenvalue weighted by molar-refractivity contribution is 5.85. The molecule has 0 heterocycles. The third-order valence-corrected chi connectivity index (χ3v) is 3.01. The molecule has 2 N–H and O–H groups in total. The molecule has 4 nitrogen and oxygen atoms in total. The molecule has 1 fully saturated rings. The standard InChI is InChI=1S/C11H15NO3/c13-10(12-7-5-6-7)8-3-1-2-4-9(8)11(14)15/h1-2,7-9H,3-6H2,(H,12,13)(H,14,15)/t8-,9-/m1/s1. The monoisotopic (exact) mass is 209 g/mol. The van der Waals surface area contributed by atoms with Gasteiger partial charge in [0, 0.05) is 6.04 Å². The first-order valence-corrected chi connectivity index (χ1v) is 5.36. The van der Waals surface area contributed by atoms with Crippen LogP contribution < -0.4 is 5.32 Å². The summed E-state index contributed by atoms with van der Waals surface area (Å²) in [5, 5.41) is 11.9. The van der Waals surface area contributed by atoms with E-state index in [0.29, 0.717) is 18.9 Å². The third kappa shape index (κ3) is 2.37. The molecule has 0 spiro atoms. The summed E-state index contributed by atoms with van der Waals surface area (Å²) in [4.78, 5) is 22.7. The summed E-state index contributed by atoms with van der Waals surface area (Å²) in [5.41, 5.74) is 0. The van der Waals surface area contributed by atoms with Crippen LogP contribution in [0.4, 0.5) is 0 Å². The molecular weight excluding hydrogens is 194 g/mol. The minimum atomic E-state index is -0.865. The summed E-state index contributed by atoms with van der Waals surface area (Å²) >= 11 is 0. The summed E-state index contributed by atoms with van der Waals surface area (Å²) in [6.45, 7) is 0. The van der Waals surface area contributed by atoms with Gasteiger partial charge in [-0.05, 0) is 25.7 Å². The molecule has 0 aromatic carbocycles.